The van der Waals surface area contributed by atoms with Crippen molar-refractivity contribution in [1.29, 1.82) is 0 Å². The third-order valence-electron chi connectivity index (χ3n) is 2.85. The fourth-order valence-electron chi connectivity index (χ4n) is 2.00. The summed E-state index contributed by atoms with van der Waals surface area (Å²) in [5.41, 5.74) is 2.87. The molecule has 16 heavy (non-hydrogen) atoms. The maximum absolute atomic E-state index is 3.85. The molecule has 88 valence electrons. The molecule has 1 unspecified atom stereocenters. The van der Waals surface area contributed by atoms with Crippen molar-refractivity contribution in [2.45, 2.75) is 39.2 Å². The summed E-state index contributed by atoms with van der Waals surface area (Å²) < 4.78 is 0. The molecule has 1 atom stereocenters. The van der Waals surface area contributed by atoms with E-state index in [1.165, 1.54) is 17.5 Å². The molecule has 0 bridgehead atoms. The first-order chi connectivity index (χ1) is 7.83. The minimum atomic E-state index is 0.425. The molecule has 0 saturated heterocycles. The molecular formula is C15H23N. The lowest BCUT2D eigenvalue weighted by Gasteiger charge is -2.20. The molecule has 0 fully saturated rings. The summed E-state index contributed by atoms with van der Waals surface area (Å²) in [6.07, 6.45) is 5.26. The van der Waals surface area contributed by atoms with E-state index in [9.17, 15) is 0 Å². The van der Waals surface area contributed by atoms with E-state index in [1.54, 1.807) is 0 Å². The Morgan fingerprint density at radius 1 is 1.31 bits per heavy atom. The molecule has 1 rings (SSSR count). The van der Waals surface area contributed by atoms with Gasteiger partial charge in [0.1, 0.15) is 0 Å². The van der Waals surface area contributed by atoms with E-state index in [0.29, 0.717) is 6.04 Å². The highest BCUT2D eigenvalue weighted by Crippen LogP contribution is 2.21. The van der Waals surface area contributed by atoms with Crippen LogP contribution in [0.5, 0.6) is 0 Å². The molecule has 1 heteroatoms. The van der Waals surface area contributed by atoms with Crippen LogP contribution < -0.4 is 5.32 Å². The van der Waals surface area contributed by atoms with Crippen molar-refractivity contribution in [2.75, 3.05) is 6.54 Å². The number of aryl methyl sites for hydroxylation is 1. The van der Waals surface area contributed by atoms with Crippen LogP contribution in [0.15, 0.2) is 36.9 Å². The van der Waals surface area contributed by atoms with Crippen molar-refractivity contribution in [2.24, 2.45) is 0 Å². The van der Waals surface area contributed by atoms with Crippen molar-refractivity contribution in [3.63, 3.8) is 0 Å². The Morgan fingerprint density at radius 3 is 2.69 bits per heavy atom. The van der Waals surface area contributed by atoms with E-state index < -0.39 is 0 Å². The van der Waals surface area contributed by atoms with Gasteiger partial charge in [-0.3, -0.25) is 0 Å². The number of nitrogens with one attached hydrogen (secondary N) is 1. The first kappa shape index (κ1) is 13.0. The third kappa shape index (κ3) is 3.49. The number of benzene rings is 1. The van der Waals surface area contributed by atoms with Gasteiger partial charge in [-0.05, 0) is 36.9 Å². The Bertz CT molecular complexity index is 317. The first-order valence-corrected chi connectivity index (χ1v) is 6.25. The quantitative estimate of drug-likeness (QED) is 0.684. The molecule has 0 aliphatic heterocycles. The normalized spacial score (nSPS) is 12.4. The highest BCUT2D eigenvalue weighted by molar-refractivity contribution is 5.30. The zero-order valence-electron chi connectivity index (χ0n) is 10.5. The van der Waals surface area contributed by atoms with Crippen LogP contribution in [0.4, 0.5) is 0 Å². The standard InChI is InChI=1S/C15H23N/c1-4-9-15(16-12-5-2)14-11-8-7-10-13(14)6-3/h4,7-8,10-11,15-16H,1,5-6,9,12H2,2-3H3. The molecule has 0 spiro atoms. The lowest BCUT2D eigenvalue weighted by Crippen LogP contribution is -2.22. The summed E-state index contributed by atoms with van der Waals surface area (Å²) >= 11 is 0. The van der Waals surface area contributed by atoms with Crippen LogP contribution in [0, 0.1) is 0 Å². The summed E-state index contributed by atoms with van der Waals surface area (Å²) in [5, 5.41) is 3.59. The maximum Gasteiger partial charge on any atom is 0.0357 e. The first-order valence-electron chi connectivity index (χ1n) is 6.25. The second kappa shape index (κ2) is 7.24. The number of hydrogen-bond donors (Lipinski definition) is 1. The Hall–Kier alpha value is -1.08. The summed E-state index contributed by atoms with van der Waals surface area (Å²) in [6.45, 7) is 9.33. The summed E-state index contributed by atoms with van der Waals surface area (Å²) in [6, 6.07) is 9.12. The molecular weight excluding hydrogens is 194 g/mol. The van der Waals surface area contributed by atoms with Gasteiger partial charge in [-0.25, -0.2) is 0 Å². The summed E-state index contributed by atoms with van der Waals surface area (Å²) in [5.74, 6) is 0. The van der Waals surface area contributed by atoms with Crippen LogP contribution >= 0.6 is 0 Å². The summed E-state index contributed by atoms with van der Waals surface area (Å²) in [7, 11) is 0. The van der Waals surface area contributed by atoms with Crippen molar-refractivity contribution >= 4 is 0 Å². The zero-order chi connectivity index (χ0) is 11.8. The van der Waals surface area contributed by atoms with E-state index in [4.69, 9.17) is 0 Å². The van der Waals surface area contributed by atoms with E-state index in [1.807, 2.05) is 6.08 Å². The maximum atomic E-state index is 3.85. The van der Waals surface area contributed by atoms with E-state index in [2.05, 4.69) is 50.0 Å². The highest BCUT2D eigenvalue weighted by atomic mass is 14.9. The van der Waals surface area contributed by atoms with Crippen LogP contribution in [0.1, 0.15) is 43.9 Å². The molecule has 1 aromatic rings. The van der Waals surface area contributed by atoms with E-state index in [-0.39, 0.29) is 0 Å². The van der Waals surface area contributed by atoms with E-state index >= 15 is 0 Å². The van der Waals surface area contributed by atoms with Crippen LogP contribution in [0.2, 0.25) is 0 Å². The van der Waals surface area contributed by atoms with Gasteiger partial charge in [-0.2, -0.15) is 0 Å². The fourth-order valence-corrected chi connectivity index (χ4v) is 2.00. The molecule has 0 amide bonds. The second-order valence-corrected chi connectivity index (χ2v) is 4.08. The Labute approximate surface area is 99.6 Å². The Kier molecular flexibility index (Phi) is 5.87. The minimum absolute atomic E-state index is 0.425. The van der Waals surface area contributed by atoms with Gasteiger partial charge >= 0.3 is 0 Å². The van der Waals surface area contributed by atoms with Gasteiger partial charge in [0, 0.05) is 6.04 Å². The van der Waals surface area contributed by atoms with Crippen LogP contribution in [0.25, 0.3) is 0 Å². The molecule has 0 saturated carbocycles. The highest BCUT2D eigenvalue weighted by Gasteiger charge is 2.11. The molecule has 0 heterocycles. The van der Waals surface area contributed by atoms with Gasteiger partial charge in [-0.1, -0.05) is 44.2 Å². The monoisotopic (exact) mass is 217 g/mol. The van der Waals surface area contributed by atoms with Gasteiger partial charge in [0.05, 0.1) is 0 Å². The largest absolute Gasteiger partial charge is 0.310 e. The Balaban J connectivity index is 2.85. The molecule has 1 aromatic carbocycles. The molecule has 0 aliphatic carbocycles. The predicted molar refractivity (Wildman–Crippen MR) is 71.7 cm³/mol. The topological polar surface area (TPSA) is 12.0 Å². The van der Waals surface area contributed by atoms with Gasteiger partial charge in [0.15, 0.2) is 0 Å². The van der Waals surface area contributed by atoms with Gasteiger partial charge in [0.2, 0.25) is 0 Å². The zero-order valence-corrected chi connectivity index (χ0v) is 10.5. The average Bonchev–Trinajstić information content (AvgIpc) is 2.34. The van der Waals surface area contributed by atoms with Crippen LogP contribution in [0.3, 0.4) is 0 Å². The SMILES string of the molecule is C=CCC(NCCC)c1ccccc1CC. The minimum Gasteiger partial charge on any atom is -0.310 e. The lowest BCUT2D eigenvalue weighted by molar-refractivity contribution is 0.534. The van der Waals surface area contributed by atoms with Gasteiger partial charge in [-0.15, -0.1) is 6.58 Å². The van der Waals surface area contributed by atoms with Crippen molar-refractivity contribution < 1.29 is 0 Å². The molecule has 1 N–H and O–H groups in total. The van der Waals surface area contributed by atoms with Gasteiger partial charge in [0.25, 0.3) is 0 Å². The van der Waals surface area contributed by atoms with Crippen molar-refractivity contribution in [3.05, 3.63) is 48.0 Å². The van der Waals surface area contributed by atoms with E-state index in [0.717, 1.165) is 19.4 Å². The van der Waals surface area contributed by atoms with Crippen molar-refractivity contribution in [3.8, 4) is 0 Å². The number of rotatable bonds is 7. The van der Waals surface area contributed by atoms with Crippen molar-refractivity contribution in [1.82, 2.24) is 5.32 Å². The fraction of sp³-hybridized carbons (Fsp3) is 0.467. The molecule has 0 radical (unpaired) electrons. The van der Waals surface area contributed by atoms with Gasteiger partial charge < -0.3 is 5.32 Å². The van der Waals surface area contributed by atoms with Crippen LogP contribution in [-0.2, 0) is 6.42 Å². The van der Waals surface area contributed by atoms with Crippen LogP contribution in [-0.4, -0.2) is 6.54 Å². The average molecular weight is 217 g/mol. The molecule has 0 aromatic heterocycles. The lowest BCUT2D eigenvalue weighted by atomic mass is 9.96. The summed E-state index contributed by atoms with van der Waals surface area (Å²) in [4.78, 5) is 0. The molecule has 0 aliphatic rings. The smallest absolute Gasteiger partial charge is 0.0357 e. The molecule has 1 nitrogen and oxygen atoms in total. The Morgan fingerprint density at radius 2 is 2.06 bits per heavy atom. The predicted octanol–water partition coefficient (Wildman–Crippen LogP) is 3.87. The third-order valence-corrected chi connectivity index (χ3v) is 2.85. The number of hydrogen-bond acceptors (Lipinski definition) is 1. The second-order valence-electron chi connectivity index (χ2n) is 4.08.